The number of nitrogens with zero attached hydrogens (tertiary/aromatic N) is 4. The van der Waals surface area contributed by atoms with Gasteiger partial charge < -0.3 is 14.5 Å². The third kappa shape index (κ3) is 4.48. The smallest absolute Gasteiger partial charge is 0.410 e. The molecular formula is C20H25F3N4O2S. The van der Waals surface area contributed by atoms with E-state index in [2.05, 4.69) is 14.9 Å². The predicted molar refractivity (Wildman–Crippen MR) is 109 cm³/mol. The Labute approximate surface area is 177 Å². The first-order chi connectivity index (χ1) is 13.9. The van der Waals surface area contributed by atoms with Crippen LogP contribution in [0.3, 0.4) is 0 Å². The molecule has 1 unspecified atom stereocenters. The summed E-state index contributed by atoms with van der Waals surface area (Å²) in [5, 5.41) is 0. The van der Waals surface area contributed by atoms with E-state index in [0.717, 1.165) is 30.7 Å². The number of alkyl halides is 3. The van der Waals surface area contributed by atoms with Gasteiger partial charge in [-0.05, 0) is 39.7 Å². The van der Waals surface area contributed by atoms with Gasteiger partial charge in [-0.15, -0.1) is 11.3 Å². The maximum Gasteiger partial charge on any atom is 0.410 e. The van der Waals surface area contributed by atoms with E-state index in [1.165, 1.54) is 12.4 Å². The van der Waals surface area contributed by atoms with Gasteiger partial charge >= 0.3 is 12.3 Å². The Hall–Kier alpha value is -2.10. The third-order valence-electron chi connectivity index (χ3n) is 5.55. The van der Waals surface area contributed by atoms with Crippen LogP contribution in [0.15, 0.2) is 12.4 Å². The van der Waals surface area contributed by atoms with Gasteiger partial charge in [0, 0.05) is 36.5 Å². The summed E-state index contributed by atoms with van der Waals surface area (Å²) < 4.78 is 44.6. The Morgan fingerprint density at radius 2 is 1.93 bits per heavy atom. The minimum atomic E-state index is -4.25. The zero-order valence-corrected chi connectivity index (χ0v) is 18.1. The van der Waals surface area contributed by atoms with Crippen LogP contribution in [0, 0.1) is 5.41 Å². The number of halogens is 3. The van der Waals surface area contributed by atoms with Crippen molar-refractivity contribution < 1.29 is 22.7 Å². The number of ether oxygens (including phenoxy) is 1. The van der Waals surface area contributed by atoms with Crippen molar-refractivity contribution in [1.82, 2.24) is 14.9 Å². The lowest BCUT2D eigenvalue weighted by Crippen LogP contribution is -2.37. The molecule has 2 fully saturated rings. The molecule has 0 saturated carbocycles. The highest BCUT2D eigenvalue weighted by molar-refractivity contribution is 7.19. The third-order valence-corrected chi connectivity index (χ3v) is 6.67. The minimum absolute atomic E-state index is 0.0414. The number of aromatic nitrogens is 2. The zero-order chi connectivity index (χ0) is 21.7. The molecule has 4 heterocycles. The number of amides is 1. The second-order valence-corrected chi connectivity index (χ2v) is 10.4. The number of carbonyl (C=O) groups is 1. The summed E-state index contributed by atoms with van der Waals surface area (Å²) in [5.74, 6) is 0.686. The first-order valence-electron chi connectivity index (χ1n) is 9.96. The molecule has 0 aromatic carbocycles. The van der Waals surface area contributed by atoms with Gasteiger partial charge in [0.1, 0.15) is 17.7 Å². The molecule has 2 aromatic rings. The van der Waals surface area contributed by atoms with Crippen LogP contribution >= 0.6 is 11.3 Å². The normalized spacial score (nSPS) is 22.5. The lowest BCUT2D eigenvalue weighted by molar-refractivity contribution is -0.126. The standard InChI is InChI=1S/C20H25F3N4O2S/c1-18(2,3)29-17(28)27-7-5-19(11-27)4-6-26(10-19)16-15-14(24-12-25-16)8-13(30-15)9-20(21,22)23/h8,12H,4-7,9-11H2,1-3H3. The predicted octanol–water partition coefficient (Wildman–Crippen LogP) is 4.63. The van der Waals surface area contributed by atoms with Gasteiger partial charge in [0.2, 0.25) is 0 Å². The van der Waals surface area contributed by atoms with Gasteiger partial charge in [0.25, 0.3) is 0 Å². The number of rotatable bonds is 2. The van der Waals surface area contributed by atoms with E-state index in [0.29, 0.717) is 35.7 Å². The Kier molecular flexibility index (Phi) is 5.11. The molecule has 2 aliphatic rings. The van der Waals surface area contributed by atoms with Crippen molar-refractivity contribution >= 4 is 33.5 Å². The molecule has 1 amide bonds. The van der Waals surface area contributed by atoms with Crippen molar-refractivity contribution in [2.24, 2.45) is 5.41 Å². The van der Waals surface area contributed by atoms with Crippen LogP contribution in [-0.2, 0) is 11.2 Å². The Bertz CT molecular complexity index is 956. The van der Waals surface area contributed by atoms with E-state index in [1.807, 2.05) is 20.8 Å². The summed E-state index contributed by atoms with van der Waals surface area (Å²) >= 11 is 1.11. The molecule has 0 radical (unpaired) electrons. The molecule has 10 heteroatoms. The number of hydrogen-bond acceptors (Lipinski definition) is 6. The number of fused-ring (bicyclic) bond motifs is 1. The monoisotopic (exact) mass is 442 g/mol. The molecular weight excluding hydrogens is 417 g/mol. The van der Waals surface area contributed by atoms with Crippen LogP contribution in [-0.4, -0.2) is 58.9 Å². The van der Waals surface area contributed by atoms with Crippen LogP contribution in [0.4, 0.5) is 23.8 Å². The van der Waals surface area contributed by atoms with Gasteiger partial charge in [-0.1, -0.05) is 0 Å². The van der Waals surface area contributed by atoms with Crippen LogP contribution in [0.5, 0.6) is 0 Å². The van der Waals surface area contributed by atoms with E-state index in [4.69, 9.17) is 4.74 Å². The molecule has 1 spiro atoms. The second kappa shape index (κ2) is 7.25. The highest BCUT2D eigenvalue weighted by Gasteiger charge is 2.46. The van der Waals surface area contributed by atoms with Gasteiger partial charge in [0.05, 0.1) is 16.6 Å². The Morgan fingerprint density at radius 3 is 2.63 bits per heavy atom. The van der Waals surface area contributed by atoms with E-state index in [-0.39, 0.29) is 16.4 Å². The molecule has 2 aromatic heterocycles. The molecule has 0 aliphatic carbocycles. The summed E-state index contributed by atoms with van der Waals surface area (Å²) in [6.07, 6.45) is -2.31. The average Bonchev–Trinajstić information content (AvgIpc) is 3.30. The van der Waals surface area contributed by atoms with Gasteiger partial charge in [0.15, 0.2) is 0 Å². The molecule has 2 saturated heterocycles. The van der Waals surface area contributed by atoms with Crippen molar-refractivity contribution in [2.75, 3.05) is 31.1 Å². The van der Waals surface area contributed by atoms with Gasteiger partial charge in [-0.25, -0.2) is 14.8 Å². The van der Waals surface area contributed by atoms with E-state index in [1.54, 1.807) is 4.90 Å². The van der Waals surface area contributed by atoms with E-state index in [9.17, 15) is 18.0 Å². The fourth-order valence-electron chi connectivity index (χ4n) is 4.27. The van der Waals surface area contributed by atoms with Crippen molar-refractivity contribution in [3.8, 4) is 0 Å². The first-order valence-corrected chi connectivity index (χ1v) is 10.8. The van der Waals surface area contributed by atoms with Crippen LogP contribution < -0.4 is 4.90 Å². The lowest BCUT2D eigenvalue weighted by atomic mass is 9.86. The minimum Gasteiger partial charge on any atom is -0.444 e. The molecule has 164 valence electrons. The van der Waals surface area contributed by atoms with Crippen LogP contribution in [0.2, 0.25) is 0 Å². The summed E-state index contributed by atoms with van der Waals surface area (Å²) in [5.41, 5.74) is -0.0266. The topological polar surface area (TPSA) is 58.6 Å². The Balaban J connectivity index is 1.50. The zero-order valence-electron chi connectivity index (χ0n) is 17.3. The molecule has 0 N–H and O–H groups in total. The number of thiophene rings is 1. The fraction of sp³-hybridized carbons (Fsp3) is 0.650. The molecule has 6 nitrogen and oxygen atoms in total. The summed E-state index contributed by atoms with van der Waals surface area (Å²) in [6.45, 7) is 8.28. The highest BCUT2D eigenvalue weighted by Crippen LogP contribution is 2.43. The molecule has 0 bridgehead atoms. The van der Waals surface area contributed by atoms with Gasteiger partial charge in [-0.2, -0.15) is 13.2 Å². The number of likely N-dealkylation sites (tertiary alicyclic amines) is 1. The van der Waals surface area contributed by atoms with Crippen LogP contribution in [0.1, 0.15) is 38.5 Å². The van der Waals surface area contributed by atoms with Crippen molar-refractivity contribution in [3.05, 3.63) is 17.3 Å². The second-order valence-electron chi connectivity index (χ2n) is 9.24. The molecule has 4 rings (SSSR count). The van der Waals surface area contributed by atoms with Crippen molar-refractivity contribution in [1.29, 1.82) is 0 Å². The summed E-state index contributed by atoms with van der Waals surface area (Å²) in [7, 11) is 0. The number of anilines is 1. The maximum absolute atomic E-state index is 12.8. The Morgan fingerprint density at radius 1 is 1.20 bits per heavy atom. The van der Waals surface area contributed by atoms with E-state index >= 15 is 0 Å². The van der Waals surface area contributed by atoms with E-state index < -0.39 is 18.2 Å². The molecule has 30 heavy (non-hydrogen) atoms. The summed E-state index contributed by atoms with van der Waals surface area (Å²) in [6, 6.07) is 1.50. The first kappa shape index (κ1) is 21.1. The number of carbonyl (C=O) groups excluding carboxylic acids is 1. The van der Waals surface area contributed by atoms with Crippen molar-refractivity contribution in [2.45, 2.75) is 51.8 Å². The highest BCUT2D eigenvalue weighted by atomic mass is 32.1. The van der Waals surface area contributed by atoms with Crippen LogP contribution in [0.25, 0.3) is 10.2 Å². The quantitative estimate of drug-likeness (QED) is 0.679. The molecule has 2 aliphatic heterocycles. The average molecular weight is 443 g/mol. The van der Waals surface area contributed by atoms with Gasteiger partial charge in [-0.3, -0.25) is 0 Å². The SMILES string of the molecule is CC(C)(C)OC(=O)N1CCC2(CCN(c3ncnc4cc(CC(F)(F)F)sc34)C2)C1. The fourth-order valence-corrected chi connectivity index (χ4v) is 5.43. The largest absolute Gasteiger partial charge is 0.444 e. The lowest BCUT2D eigenvalue weighted by Gasteiger charge is -2.27. The molecule has 1 atom stereocenters. The summed E-state index contributed by atoms with van der Waals surface area (Å²) in [4.78, 5) is 25.1. The number of hydrogen-bond donors (Lipinski definition) is 0. The van der Waals surface area contributed by atoms with Crippen molar-refractivity contribution in [3.63, 3.8) is 0 Å². The maximum atomic E-state index is 12.8.